The first-order valence-electron chi connectivity index (χ1n) is 6.96. The summed E-state index contributed by atoms with van der Waals surface area (Å²) in [5, 5.41) is 9.07. The van der Waals surface area contributed by atoms with Gasteiger partial charge in [0.2, 0.25) is 0 Å². The molecular weight excluding hydrogens is 340 g/mol. The van der Waals surface area contributed by atoms with E-state index in [1.165, 1.54) is 24.3 Å². The summed E-state index contributed by atoms with van der Waals surface area (Å²) in [4.78, 5) is -0.0192. The maximum absolute atomic E-state index is 12.3. The molecule has 0 aromatic heterocycles. The molecule has 0 bridgehead atoms. The summed E-state index contributed by atoms with van der Waals surface area (Å²) in [5.74, 6) is 0.638. The van der Waals surface area contributed by atoms with Gasteiger partial charge >= 0.3 is 10.1 Å². The molecule has 23 heavy (non-hydrogen) atoms. The Balaban J connectivity index is 2.21. The van der Waals surface area contributed by atoms with Crippen molar-refractivity contribution in [3.05, 3.63) is 53.1 Å². The zero-order chi connectivity index (χ0) is 16.9. The van der Waals surface area contributed by atoms with Crippen LogP contribution >= 0.6 is 11.6 Å². The van der Waals surface area contributed by atoms with Crippen LogP contribution in [0, 0.1) is 6.92 Å². The van der Waals surface area contributed by atoms with Crippen LogP contribution in [0.2, 0.25) is 5.02 Å². The van der Waals surface area contributed by atoms with E-state index in [4.69, 9.17) is 25.6 Å². The smallest absolute Gasteiger partial charge is 0.339 e. The molecule has 0 aliphatic heterocycles. The van der Waals surface area contributed by atoms with Crippen molar-refractivity contribution in [2.75, 3.05) is 13.2 Å². The Kier molecular flexibility index (Phi) is 5.87. The normalized spacial score (nSPS) is 11.3. The van der Waals surface area contributed by atoms with Crippen molar-refractivity contribution in [1.29, 1.82) is 0 Å². The number of hydrogen-bond acceptors (Lipinski definition) is 5. The van der Waals surface area contributed by atoms with Crippen molar-refractivity contribution >= 4 is 21.7 Å². The molecule has 0 unspecified atom stereocenters. The Labute approximate surface area is 140 Å². The van der Waals surface area contributed by atoms with Gasteiger partial charge in [-0.05, 0) is 42.8 Å². The van der Waals surface area contributed by atoms with Gasteiger partial charge in [0.25, 0.3) is 0 Å². The number of ether oxygens (including phenoxy) is 1. The molecule has 124 valence electrons. The standard InChI is InChI=1S/C16H17ClO5S/c1-12-8-14(21-7-3-6-18)11-15(9-12)22-23(19,20)16-5-2-4-13(17)10-16/h2,4-5,8-11,18H,3,6-7H2,1H3. The number of benzene rings is 2. The van der Waals surface area contributed by atoms with Crippen molar-refractivity contribution in [1.82, 2.24) is 0 Å². The van der Waals surface area contributed by atoms with Gasteiger partial charge in [-0.2, -0.15) is 8.42 Å². The van der Waals surface area contributed by atoms with Crippen LogP contribution in [-0.4, -0.2) is 26.7 Å². The van der Waals surface area contributed by atoms with E-state index in [-0.39, 0.29) is 17.3 Å². The van der Waals surface area contributed by atoms with Gasteiger partial charge in [0.15, 0.2) is 0 Å². The fourth-order valence-corrected chi connectivity index (χ4v) is 3.11. The van der Waals surface area contributed by atoms with Gasteiger partial charge in [0, 0.05) is 24.1 Å². The van der Waals surface area contributed by atoms with Gasteiger partial charge in [0.1, 0.15) is 16.4 Å². The van der Waals surface area contributed by atoms with Crippen molar-refractivity contribution < 1.29 is 22.4 Å². The van der Waals surface area contributed by atoms with Crippen LogP contribution < -0.4 is 8.92 Å². The van der Waals surface area contributed by atoms with E-state index in [1.807, 2.05) is 0 Å². The van der Waals surface area contributed by atoms with Crippen LogP contribution in [0.5, 0.6) is 11.5 Å². The Hall–Kier alpha value is -1.76. The monoisotopic (exact) mass is 356 g/mol. The van der Waals surface area contributed by atoms with Crippen LogP contribution in [-0.2, 0) is 10.1 Å². The third kappa shape index (κ3) is 5.13. The van der Waals surface area contributed by atoms with Gasteiger partial charge < -0.3 is 14.0 Å². The molecule has 2 aromatic rings. The van der Waals surface area contributed by atoms with E-state index in [1.54, 1.807) is 25.1 Å². The molecule has 0 aliphatic rings. The van der Waals surface area contributed by atoms with E-state index in [0.717, 1.165) is 5.56 Å². The highest BCUT2D eigenvalue weighted by Crippen LogP contribution is 2.26. The second kappa shape index (κ2) is 7.68. The number of rotatable bonds is 7. The van der Waals surface area contributed by atoms with Gasteiger partial charge in [-0.3, -0.25) is 0 Å². The molecule has 5 nitrogen and oxygen atoms in total. The molecule has 0 atom stereocenters. The van der Waals surface area contributed by atoms with Crippen molar-refractivity contribution in [3.63, 3.8) is 0 Å². The molecule has 0 fully saturated rings. The van der Waals surface area contributed by atoms with Gasteiger partial charge in [-0.15, -0.1) is 0 Å². The van der Waals surface area contributed by atoms with Crippen molar-refractivity contribution in [3.8, 4) is 11.5 Å². The molecule has 0 aliphatic carbocycles. The molecule has 0 saturated carbocycles. The third-order valence-corrected chi connectivity index (χ3v) is 4.36. The summed E-state index contributed by atoms with van der Waals surface area (Å²) >= 11 is 5.81. The lowest BCUT2D eigenvalue weighted by Gasteiger charge is -2.11. The number of hydrogen-bond donors (Lipinski definition) is 1. The van der Waals surface area contributed by atoms with Crippen LogP contribution in [0.25, 0.3) is 0 Å². The lowest BCUT2D eigenvalue weighted by atomic mass is 10.2. The largest absolute Gasteiger partial charge is 0.493 e. The first-order valence-corrected chi connectivity index (χ1v) is 8.75. The van der Waals surface area contributed by atoms with E-state index >= 15 is 0 Å². The van der Waals surface area contributed by atoms with Gasteiger partial charge in [-0.1, -0.05) is 17.7 Å². The summed E-state index contributed by atoms with van der Waals surface area (Å²) in [6.45, 7) is 2.16. The highest BCUT2D eigenvalue weighted by Gasteiger charge is 2.17. The SMILES string of the molecule is Cc1cc(OCCCO)cc(OS(=O)(=O)c2cccc(Cl)c2)c1. The molecule has 1 N–H and O–H groups in total. The summed E-state index contributed by atoms with van der Waals surface area (Å²) < 4.78 is 35.2. The number of halogens is 1. The molecular formula is C16H17ClO5S. The minimum Gasteiger partial charge on any atom is -0.493 e. The van der Waals surface area contributed by atoms with Crippen LogP contribution in [0.1, 0.15) is 12.0 Å². The average molecular weight is 357 g/mol. The molecule has 0 spiro atoms. The maximum Gasteiger partial charge on any atom is 0.339 e. The van der Waals surface area contributed by atoms with Gasteiger partial charge in [0.05, 0.1) is 6.61 Å². The summed E-state index contributed by atoms with van der Waals surface area (Å²) in [5.41, 5.74) is 0.794. The van der Waals surface area contributed by atoms with Crippen molar-refractivity contribution in [2.45, 2.75) is 18.2 Å². The first-order chi connectivity index (χ1) is 10.9. The summed E-state index contributed by atoms with van der Waals surface area (Å²) in [7, 11) is -3.97. The van der Waals surface area contributed by atoms with E-state index in [2.05, 4.69) is 0 Å². The fraction of sp³-hybridized carbons (Fsp3) is 0.250. The molecule has 2 aromatic carbocycles. The number of aryl methyl sites for hydroxylation is 1. The lowest BCUT2D eigenvalue weighted by molar-refractivity contribution is 0.233. The summed E-state index contributed by atoms with van der Waals surface area (Å²) in [6.07, 6.45) is 0.491. The van der Waals surface area contributed by atoms with Crippen LogP contribution in [0.4, 0.5) is 0 Å². The molecule has 0 radical (unpaired) electrons. The van der Waals surface area contributed by atoms with Crippen molar-refractivity contribution in [2.24, 2.45) is 0 Å². The molecule has 0 heterocycles. The van der Waals surface area contributed by atoms with Crippen LogP contribution in [0.15, 0.2) is 47.4 Å². The molecule has 0 amide bonds. The van der Waals surface area contributed by atoms with E-state index < -0.39 is 10.1 Å². The molecule has 2 rings (SSSR count). The van der Waals surface area contributed by atoms with Crippen LogP contribution in [0.3, 0.4) is 0 Å². The lowest BCUT2D eigenvalue weighted by Crippen LogP contribution is -2.10. The molecule has 7 heteroatoms. The molecule has 0 saturated heterocycles. The topological polar surface area (TPSA) is 72.8 Å². The number of aliphatic hydroxyl groups excluding tert-OH is 1. The minimum absolute atomic E-state index is 0.0192. The van der Waals surface area contributed by atoms with E-state index in [9.17, 15) is 8.42 Å². The summed E-state index contributed by atoms with van der Waals surface area (Å²) in [6, 6.07) is 10.7. The Morgan fingerprint density at radius 3 is 2.57 bits per heavy atom. The maximum atomic E-state index is 12.3. The zero-order valence-corrected chi connectivity index (χ0v) is 14.1. The average Bonchev–Trinajstić information content (AvgIpc) is 2.46. The Bertz CT molecular complexity index is 774. The highest BCUT2D eigenvalue weighted by molar-refractivity contribution is 7.87. The predicted octanol–water partition coefficient (Wildman–Crippen LogP) is 3.18. The quantitative estimate of drug-likeness (QED) is 0.609. The Morgan fingerprint density at radius 2 is 1.87 bits per heavy atom. The second-order valence-corrected chi connectivity index (χ2v) is 6.88. The Morgan fingerprint density at radius 1 is 1.13 bits per heavy atom. The first kappa shape index (κ1) is 17.6. The number of aliphatic hydroxyl groups is 1. The predicted molar refractivity (Wildman–Crippen MR) is 87.6 cm³/mol. The van der Waals surface area contributed by atoms with Gasteiger partial charge in [-0.25, -0.2) is 0 Å². The van der Waals surface area contributed by atoms with E-state index in [0.29, 0.717) is 23.8 Å². The highest BCUT2D eigenvalue weighted by atomic mass is 35.5. The second-order valence-electron chi connectivity index (χ2n) is 4.90. The third-order valence-electron chi connectivity index (χ3n) is 2.89. The fourth-order valence-electron chi connectivity index (χ4n) is 1.90. The zero-order valence-electron chi connectivity index (χ0n) is 12.5. The minimum atomic E-state index is -3.97.